The lowest BCUT2D eigenvalue weighted by molar-refractivity contribution is -0.138. The molecule has 114 valence electrons. The van der Waals surface area contributed by atoms with Gasteiger partial charge in [-0.25, -0.2) is 4.98 Å². The molecular formula is C12H13F3N4OS. The normalized spacial score (nSPS) is 18.2. The third-order valence-corrected chi connectivity index (χ3v) is 4.41. The van der Waals surface area contributed by atoms with Gasteiger partial charge in [0.15, 0.2) is 5.89 Å². The summed E-state index contributed by atoms with van der Waals surface area (Å²) in [4.78, 5) is 6.23. The third kappa shape index (κ3) is 3.41. The fourth-order valence-corrected chi connectivity index (χ4v) is 3.15. The van der Waals surface area contributed by atoms with Crippen LogP contribution in [0.15, 0.2) is 16.9 Å². The van der Waals surface area contributed by atoms with Crippen molar-refractivity contribution < 1.29 is 17.6 Å². The first kappa shape index (κ1) is 14.5. The van der Waals surface area contributed by atoms with Crippen molar-refractivity contribution >= 4 is 11.3 Å². The molecule has 5 nitrogen and oxygen atoms in total. The topological polar surface area (TPSA) is 55.1 Å². The molecule has 9 heteroatoms. The van der Waals surface area contributed by atoms with Crippen LogP contribution >= 0.6 is 11.3 Å². The third-order valence-electron chi connectivity index (χ3n) is 3.46. The summed E-state index contributed by atoms with van der Waals surface area (Å²) in [5, 5.41) is 6.34. The molecule has 1 fully saturated rings. The SMILES string of the molecule is FC(F)(F)c1nnc(CN2CCC(c3ncco3)CC2)s1. The van der Waals surface area contributed by atoms with E-state index in [9.17, 15) is 13.2 Å². The van der Waals surface area contributed by atoms with Crippen LogP contribution in [0.1, 0.15) is 34.7 Å². The maximum atomic E-state index is 12.5. The van der Waals surface area contributed by atoms with E-state index in [2.05, 4.69) is 20.1 Å². The number of aromatic nitrogens is 3. The molecule has 3 heterocycles. The number of alkyl halides is 3. The molecule has 2 aromatic rings. The minimum Gasteiger partial charge on any atom is -0.449 e. The molecule has 0 unspecified atom stereocenters. The Bertz CT molecular complexity index is 576. The summed E-state index contributed by atoms with van der Waals surface area (Å²) >= 11 is 0.612. The van der Waals surface area contributed by atoms with Crippen molar-refractivity contribution in [3.05, 3.63) is 28.4 Å². The fraction of sp³-hybridized carbons (Fsp3) is 0.583. The summed E-state index contributed by atoms with van der Waals surface area (Å²) < 4.78 is 42.7. The smallest absolute Gasteiger partial charge is 0.445 e. The molecule has 1 aliphatic rings. The van der Waals surface area contributed by atoms with E-state index in [-0.39, 0.29) is 5.92 Å². The van der Waals surface area contributed by atoms with Crippen LogP contribution in [0.3, 0.4) is 0 Å². The average Bonchev–Trinajstić information content (AvgIpc) is 3.09. The summed E-state index contributed by atoms with van der Waals surface area (Å²) in [6.45, 7) is 1.98. The highest BCUT2D eigenvalue weighted by molar-refractivity contribution is 7.11. The highest BCUT2D eigenvalue weighted by Crippen LogP contribution is 2.32. The molecule has 0 N–H and O–H groups in total. The van der Waals surface area contributed by atoms with Crippen LogP contribution in [0.2, 0.25) is 0 Å². The van der Waals surface area contributed by atoms with E-state index in [0.717, 1.165) is 31.8 Å². The van der Waals surface area contributed by atoms with Gasteiger partial charge < -0.3 is 4.42 Å². The van der Waals surface area contributed by atoms with E-state index in [1.807, 2.05) is 0 Å². The highest BCUT2D eigenvalue weighted by Gasteiger charge is 2.35. The van der Waals surface area contributed by atoms with Crippen molar-refractivity contribution in [2.45, 2.75) is 31.5 Å². The zero-order chi connectivity index (χ0) is 14.9. The number of oxazole rings is 1. The molecule has 0 saturated carbocycles. The standard InChI is InChI=1S/C12H13F3N4OS/c13-12(14,15)11-18-17-9(21-11)7-19-4-1-8(2-5-19)10-16-3-6-20-10/h3,6,8H,1-2,4-5,7H2. The minimum atomic E-state index is -4.41. The van der Waals surface area contributed by atoms with Gasteiger partial charge in [-0.2, -0.15) is 13.2 Å². The second kappa shape index (κ2) is 5.72. The molecule has 0 spiro atoms. The monoisotopic (exact) mass is 318 g/mol. The molecule has 21 heavy (non-hydrogen) atoms. The van der Waals surface area contributed by atoms with Crippen molar-refractivity contribution in [3.8, 4) is 0 Å². The van der Waals surface area contributed by atoms with Crippen molar-refractivity contribution in [1.82, 2.24) is 20.1 Å². The zero-order valence-electron chi connectivity index (χ0n) is 11.0. The van der Waals surface area contributed by atoms with E-state index >= 15 is 0 Å². The van der Waals surface area contributed by atoms with Gasteiger partial charge >= 0.3 is 6.18 Å². The zero-order valence-corrected chi connectivity index (χ0v) is 11.8. The molecule has 1 aliphatic heterocycles. The number of piperidine rings is 1. The lowest BCUT2D eigenvalue weighted by Gasteiger charge is -2.29. The first-order valence-electron chi connectivity index (χ1n) is 6.53. The maximum Gasteiger partial charge on any atom is 0.445 e. The van der Waals surface area contributed by atoms with Gasteiger partial charge in [-0.1, -0.05) is 11.3 Å². The average molecular weight is 318 g/mol. The van der Waals surface area contributed by atoms with E-state index in [1.165, 1.54) is 0 Å². The van der Waals surface area contributed by atoms with Gasteiger partial charge in [0.25, 0.3) is 0 Å². The van der Waals surface area contributed by atoms with Crippen LogP contribution in [0.5, 0.6) is 0 Å². The molecule has 0 aromatic carbocycles. The number of hydrogen-bond acceptors (Lipinski definition) is 6. The number of likely N-dealkylation sites (tertiary alicyclic amines) is 1. The fourth-order valence-electron chi connectivity index (χ4n) is 2.40. The predicted octanol–water partition coefficient (Wildman–Crippen LogP) is 2.92. The molecule has 1 saturated heterocycles. The summed E-state index contributed by atoms with van der Waals surface area (Å²) in [6.07, 6.45) is 0.536. The Morgan fingerprint density at radius 2 is 2.05 bits per heavy atom. The Kier molecular flexibility index (Phi) is 3.94. The lowest BCUT2D eigenvalue weighted by Crippen LogP contribution is -2.32. The van der Waals surface area contributed by atoms with Crippen LogP contribution in [-0.2, 0) is 12.7 Å². The summed E-state index contributed by atoms with van der Waals surface area (Å²) in [5.41, 5.74) is 0. The Morgan fingerprint density at radius 3 is 2.62 bits per heavy atom. The van der Waals surface area contributed by atoms with Gasteiger partial charge in [0.1, 0.15) is 11.3 Å². The molecule has 2 aromatic heterocycles. The molecule has 3 rings (SSSR count). The Morgan fingerprint density at radius 1 is 1.29 bits per heavy atom. The molecule has 0 bridgehead atoms. The second-order valence-electron chi connectivity index (χ2n) is 4.92. The van der Waals surface area contributed by atoms with Gasteiger partial charge in [0.05, 0.1) is 12.7 Å². The van der Waals surface area contributed by atoms with Crippen LogP contribution in [0.25, 0.3) is 0 Å². The number of rotatable bonds is 3. The Balaban J connectivity index is 1.55. The van der Waals surface area contributed by atoms with Crippen molar-refractivity contribution in [3.63, 3.8) is 0 Å². The largest absolute Gasteiger partial charge is 0.449 e. The van der Waals surface area contributed by atoms with Gasteiger partial charge in [-0.3, -0.25) is 4.90 Å². The first-order chi connectivity index (χ1) is 10.0. The molecule has 0 atom stereocenters. The minimum absolute atomic E-state index is 0.288. The van der Waals surface area contributed by atoms with E-state index < -0.39 is 11.2 Å². The van der Waals surface area contributed by atoms with Gasteiger partial charge in [0, 0.05) is 5.92 Å². The maximum absolute atomic E-state index is 12.5. The number of nitrogens with zero attached hydrogens (tertiary/aromatic N) is 4. The second-order valence-corrected chi connectivity index (χ2v) is 5.98. The van der Waals surface area contributed by atoms with Crippen LogP contribution in [0.4, 0.5) is 13.2 Å². The lowest BCUT2D eigenvalue weighted by atomic mass is 9.97. The van der Waals surface area contributed by atoms with Crippen molar-refractivity contribution in [1.29, 1.82) is 0 Å². The van der Waals surface area contributed by atoms with Crippen LogP contribution in [0, 0.1) is 0 Å². The molecule has 0 amide bonds. The predicted molar refractivity (Wildman–Crippen MR) is 68.7 cm³/mol. The number of halogens is 3. The summed E-state index contributed by atoms with van der Waals surface area (Å²) in [5.74, 6) is 1.03. The Labute approximate surface area is 122 Å². The molecule has 0 radical (unpaired) electrons. The van der Waals surface area contributed by atoms with Crippen molar-refractivity contribution in [2.75, 3.05) is 13.1 Å². The van der Waals surface area contributed by atoms with E-state index in [0.29, 0.717) is 22.9 Å². The van der Waals surface area contributed by atoms with E-state index in [4.69, 9.17) is 4.42 Å². The van der Waals surface area contributed by atoms with Crippen LogP contribution < -0.4 is 0 Å². The Hall–Kier alpha value is -1.48. The summed E-state index contributed by atoms with van der Waals surface area (Å²) in [6, 6.07) is 0. The first-order valence-corrected chi connectivity index (χ1v) is 7.35. The van der Waals surface area contributed by atoms with Crippen molar-refractivity contribution in [2.24, 2.45) is 0 Å². The molecular weight excluding hydrogens is 305 g/mol. The molecule has 0 aliphatic carbocycles. The van der Waals surface area contributed by atoms with Gasteiger partial charge in [-0.15, -0.1) is 10.2 Å². The highest BCUT2D eigenvalue weighted by atomic mass is 32.1. The quantitative estimate of drug-likeness (QED) is 0.871. The van der Waals surface area contributed by atoms with Crippen LogP contribution in [-0.4, -0.2) is 33.2 Å². The van der Waals surface area contributed by atoms with Gasteiger partial charge in [-0.05, 0) is 25.9 Å². The number of hydrogen-bond donors (Lipinski definition) is 0. The summed E-state index contributed by atoms with van der Waals surface area (Å²) in [7, 11) is 0. The van der Waals surface area contributed by atoms with Gasteiger partial charge in [0.2, 0.25) is 5.01 Å². The van der Waals surface area contributed by atoms with E-state index in [1.54, 1.807) is 12.5 Å².